The van der Waals surface area contributed by atoms with Gasteiger partial charge in [0.05, 0.1) is 36.6 Å². The molecule has 0 spiro atoms. The Balaban J connectivity index is 1.70. The maximum atomic E-state index is 13.3. The lowest BCUT2D eigenvalue weighted by atomic mass is 9.97. The van der Waals surface area contributed by atoms with Crippen LogP contribution in [0.1, 0.15) is 51.7 Å². The van der Waals surface area contributed by atoms with Gasteiger partial charge in [-0.05, 0) is 36.1 Å². The van der Waals surface area contributed by atoms with Gasteiger partial charge in [-0.3, -0.25) is 19.5 Å². The fourth-order valence-electron chi connectivity index (χ4n) is 3.90. The molecule has 0 fully saturated rings. The van der Waals surface area contributed by atoms with Gasteiger partial charge in [-0.15, -0.1) is 0 Å². The van der Waals surface area contributed by atoms with E-state index < -0.39 is 0 Å². The molecule has 1 aliphatic rings. The summed E-state index contributed by atoms with van der Waals surface area (Å²) in [5, 5.41) is 0.723. The second-order valence-electron chi connectivity index (χ2n) is 7.65. The van der Waals surface area contributed by atoms with Gasteiger partial charge in [0.15, 0.2) is 0 Å². The average molecular weight is 404 g/mol. The van der Waals surface area contributed by atoms with E-state index in [1.807, 2.05) is 50.2 Å². The van der Waals surface area contributed by atoms with Gasteiger partial charge in [0.1, 0.15) is 11.5 Å². The Hall–Kier alpha value is -3.41. The van der Waals surface area contributed by atoms with Crippen LogP contribution in [0.25, 0.3) is 10.9 Å². The molecule has 0 saturated heterocycles. The third-order valence-corrected chi connectivity index (χ3v) is 5.42. The van der Waals surface area contributed by atoms with Gasteiger partial charge < -0.3 is 9.47 Å². The van der Waals surface area contributed by atoms with Gasteiger partial charge in [0, 0.05) is 18.0 Å². The van der Waals surface area contributed by atoms with Crippen molar-refractivity contribution in [2.24, 2.45) is 0 Å². The standard InChI is InChI=1S/C24H24N2O4/c1-14(2)22-21-20(18-7-5-6-8-19(18)25-22)23(27)26(24(21)28)10-9-15-11-16(29-3)13-17(12-15)30-4/h5-8,11-14H,9-10H2,1-4H3. The summed E-state index contributed by atoms with van der Waals surface area (Å²) in [6.07, 6.45) is 0.501. The second-order valence-corrected chi connectivity index (χ2v) is 7.65. The zero-order valence-electron chi connectivity index (χ0n) is 17.6. The summed E-state index contributed by atoms with van der Waals surface area (Å²) in [5.41, 5.74) is 3.25. The number of pyridine rings is 1. The monoisotopic (exact) mass is 404 g/mol. The topological polar surface area (TPSA) is 68.7 Å². The minimum atomic E-state index is -0.271. The quantitative estimate of drug-likeness (QED) is 0.576. The number of fused-ring (bicyclic) bond motifs is 3. The smallest absolute Gasteiger partial charge is 0.263 e. The van der Waals surface area contributed by atoms with Crippen molar-refractivity contribution < 1.29 is 19.1 Å². The molecular formula is C24H24N2O4. The van der Waals surface area contributed by atoms with Gasteiger partial charge in [0.2, 0.25) is 0 Å². The molecule has 1 aliphatic heterocycles. The molecule has 0 radical (unpaired) electrons. The molecule has 2 heterocycles. The number of methoxy groups -OCH3 is 2. The predicted molar refractivity (Wildman–Crippen MR) is 114 cm³/mol. The molecule has 3 aromatic rings. The van der Waals surface area contributed by atoms with Crippen molar-refractivity contribution in [2.75, 3.05) is 20.8 Å². The van der Waals surface area contributed by atoms with Gasteiger partial charge >= 0.3 is 0 Å². The Bertz CT molecular complexity index is 1130. The SMILES string of the molecule is COc1cc(CCN2C(=O)c3c(C(C)C)nc4ccccc4c3C2=O)cc(OC)c1. The van der Waals surface area contributed by atoms with Crippen LogP contribution >= 0.6 is 0 Å². The number of carbonyl (C=O) groups is 2. The first-order chi connectivity index (χ1) is 14.4. The first kappa shape index (κ1) is 19.9. The van der Waals surface area contributed by atoms with Crippen LogP contribution < -0.4 is 9.47 Å². The number of hydrogen-bond acceptors (Lipinski definition) is 5. The molecule has 0 aliphatic carbocycles. The highest BCUT2D eigenvalue weighted by Crippen LogP contribution is 2.34. The van der Waals surface area contributed by atoms with Gasteiger partial charge in [-0.25, -0.2) is 0 Å². The maximum absolute atomic E-state index is 13.3. The lowest BCUT2D eigenvalue weighted by Crippen LogP contribution is -2.32. The molecule has 6 heteroatoms. The summed E-state index contributed by atoms with van der Waals surface area (Å²) in [7, 11) is 3.18. The van der Waals surface area contributed by atoms with E-state index >= 15 is 0 Å². The van der Waals surface area contributed by atoms with Crippen molar-refractivity contribution >= 4 is 22.7 Å². The number of amides is 2. The number of rotatable bonds is 6. The molecule has 0 N–H and O–H groups in total. The molecule has 6 nitrogen and oxygen atoms in total. The van der Waals surface area contributed by atoms with Crippen LogP contribution in [0.3, 0.4) is 0 Å². The second kappa shape index (κ2) is 7.78. The van der Waals surface area contributed by atoms with E-state index in [9.17, 15) is 9.59 Å². The highest BCUT2D eigenvalue weighted by molar-refractivity contribution is 6.26. The fourth-order valence-corrected chi connectivity index (χ4v) is 3.90. The Kier molecular flexibility index (Phi) is 5.16. The molecule has 1 aromatic heterocycles. The lowest BCUT2D eigenvalue weighted by molar-refractivity contribution is 0.0656. The number of ether oxygens (including phenoxy) is 2. The summed E-state index contributed by atoms with van der Waals surface area (Å²) in [5.74, 6) is 0.841. The van der Waals surface area contributed by atoms with E-state index in [0.29, 0.717) is 34.7 Å². The number of aromatic nitrogens is 1. The number of hydrogen-bond donors (Lipinski definition) is 0. The normalized spacial score (nSPS) is 13.3. The molecule has 0 saturated carbocycles. The Labute approximate surface area is 175 Å². The average Bonchev–Trinajstić information content (AvgIpc) is 3.01. The summed E-state index contributed by atoms with van der Waals surface area (Å²) in [6, 6.07) is 13.0. The van der Waals surface area contributed by atoms with Gasteiger partial charge in [-0.1, -0.05) is 32.0 Å². The maximum Gasteiger partial charge on any atom is 0.263 e. The third-order valence-electron chi connectivity index (χ3n) is 5.42. The first-order valence-electron chi connectivity index (χ1n) is 9.95. The third kappa shape index (κ3) is 3.28. The van der Waals surface area contributed by atoms with E-state index in [2.05, 4.69) is 0 Å². The van der Waals surface area contributed by atoms with Crippen LogP contribution in [0, 0.1) is 0 Å². The van der Waals surface area contributed by atoms with Gasteiger partial charge in [-0.2, -0.15) is 0 Å². The molecule has 0 bridgehead atoms. The Morgan fingerprint density at radius 2 is 1.57 bits per heavy atom. The number of imide groups is 1. The van der Waals surface area contributed by atoms with Crippen LogP contribution in [-0.4, -0.2) is 42.5 Å². The largest absolute Gasteiger partial charge is 0.497 e. The van der Waals surface area contributed by atoms with Gasteiger partial charge in [0.25, 0.3) is 11.8 Å². The van der Waals surface area contributed by atoms with Crippen LogP contribution in [0.15, 0.2) is 42.5 Å². The number of nitrogens with zero attached hydrogens (tertiary/aromatic N) is 2. The molecule has 154 valence electrons. The van der Waals surface area contributed by atoms with Crippen molar-refractivity contribution in [1.29, 1.82) is 0 Å². The minimum absolute atomic E-state index is 0.0303. The van der Waals surface area contributed by atoms with Crippen LogP contribution in [-0.2, 0) is 6.42 Å². The molecule has 4 rings (SSSR count). The van der Waals surface area contributed by atoms with E-state index in [4.69, 9.17) is 14.5 Å². The Morgan fingerprint density at radius 3 is 2.20 bits per heavy atom. The fraction of sp³-hybridized carbons (Fsp3) is 0.292. The zero-order chi connectivity index (χ0) is 21.4. The lowest BCUT2D eigenvalue weighted by Gasteiger charge is -2.15. The van der Waals surface area contributed by atoms with Crippen molar-refractivity contribution in [3.63, 3.8) is 0 Å². The first-order valence-corrected chi connectivity index (χ1v) is 9.95. The van der Waals surface area contributed by atoms with Crippen molar-refractivity contribution in [3.8, 4) is 11.5 Å². The molecular weight excluding hydrogens is 380 g/mol. The van der Waals surface area contributed by atoms with E-state index in [1.165, 1.54) is 4.90 Å². The predicted octanol–water partition coefficient (Wildman–Crippen LogP) is 4.21. The number of benzene rings is 2. The number of carbonyl (C=O) groups excluding carboxylic acids is 2. The molecule has 0 atom stereocenters. The summed E-state index contributed by atoms with van der Waals surface area (Å²) in [4.78, 5) is 32.6. The van der Waals surface area contributed by atoms with E-state index in [-0.39, 0.29) is 24.3 Å². The van der Waals surface area contributed by atoms with Crippen LogP contribution in [0.2, 0.25) is 0 Å². The van der Waals surface area contributed by atoms with E-state index in [0.717, 1.165) is 16.5 Å². The Morgan fingerprint density at radius 1 is 0.933 bits per heavy atom. The summed E-state index contributed by atoms with van der Waals surface area (Å²) >= 11 is 0. The van der Waals surface area contributed by atoms with E-state index in [1.54, 1.807) is 20.3 Å². The molecule has 30 heavy (non-hydrogen) atoms. The molecule has 2 amide bonds. The van der Waals surface area contributed by atoms with Crippen LogP contribution in [0.5, 0.6) is 11.5 Å². The minimum Gasteiger partial charge on any atom is -0.497 e. The highest BCUT2D eigenvalue weighted by atomic mass is 16.5. The van der Waals surface area contributed by atoms with Crippen molar-refractivity contribution in [3.05, 3.63) is 64.8 Å². The summed E-state index contributed by atoms with van der Waals surface area (Å²) < 4.78 is 10.6. The summed E-state index contributed by atoms with van der Waals surface area (Å²) in [6.45, 7) is 4.25. The molecule has 2 aromatic carbocycles. The number of para-hydroxylation sites is 1. The van der Waals surface area contributed by atoms with Crippen molar-refractivity contribution in [1.82, 2.24) is 9.88 Å². The van der Waals surface area contributed by atoms with Crippen molar-refractivity contribution in [2.45, 2.75) is 26.2 Å². The highest BCUT2D eigenvalue weighted by Gasteiger charge is 2.40. The van der Waals surface area contributed by atoms with Crippen LogP contribution in [0.4, 0.5) is 0 Å². The zero-order valence-corrected chi connectivity index (χ0v) is 17.6. The molecule has 0 unspecified atom stereocenters.